The minimum Gasteiger partial charge on any atom is -0.369 e. The van der Waals surface area contributed by atoms with Crippen LogP contribution in [0.4, 0.5) is 11.4 Å². The van der Waals surface area contributed by atoms with E-state index in [1.807, 2.05) is 23.1 Å². The maximum absolute atomic E-state index is 10.5. The third-order valence-corrected chi connectivity index (χ3v) is 4.82. The lowest BCUT2D eigenvalue weighted by atomic mass is 10.2. The molecule has 0 spiro atoms. The van der Waals surface area contributed by atoms with Gasteiger partial charge in [0.2, 0.25) is 6.41 Å². The second-order valence-electron chi connectivity index (χ2n) is 6.62. The van der Waals surface area contributed by atoms with Crippen LogP contribution in [0.3, 0.4) is 0 Å². The van der Waals surface area contributed by atoms with Gasteiger partial charge in [-0.05, 0) is 24.3 Å². The lowest BCUT2D eigenvalue weighted by molar-refractivity contribution is -0.191. The number of carbonyl (C=O) groups excluding carboxylic acids is 3. The highest BCUT2D eigenvalue weighted by Crippen LogP contribution is 2.15. The summed E-state index contributed by atoms with van der Waals surface area (Å²) in [7, 11) is 0. The van der Waals surface area contributed by atoms with Crippen LogP contribution >= 0.6 is 0 Å². The Bertz CT molecular complexity index is 729. The fraction of sp³-hybridized carbons (Fsp3) is 0.364. The van der Waals surface area contributed by atoms with Crippen molar-refractivity contribution < 1.29 is 15.8 Å². The fourth-order valence-electron chi connectivity index (χ4n) is 3.29. The molecule has 2 aliphatic rings. The second kappa shape index (κ2) is 13.1. The summed E-state index contributed by atoms with van der Waals surface area (Å²) in [5, 5.41) is 3.34. The first-order valence-corrected chi connectivity index (χ1v) is 9.78. The lowest BCUT2D eigenvalue weighted by Crippen LogP contribution is -2.45. The number of para-hydroxylation sites is 2. The number of anilines is 2. The number of amides is 1. The minimum absolute atomic E-state index is 0. The first-order valence-electron chi connectivity index (χ1n) is 9.78. The van der Waals surface area contributed by atoms with Crippen molar-refractivity contribution in [1.29, 1.82) is 0 Å². The zero-order chi connectivity index (χ0) is 20.7. The Morgan fingerprint density at radius 1 is 0.724 bits per heavy atom. The number of rotatable bonds is 3. The van der Waals surface area contributed by atoms with Gasteiger partial charge < -0.3 is 20.0 Å². The molecule has 4 rings (SSSR count). The summed E-state index contributed by atoms with van der Waals surface area (Å²) >= 11 is 0. The van der Waals surface area contributed by atoms with Gasteiger partial charge >= 0.3 is 6.15 Å². The molecule has 156 valence electrons. The van der Waals surface area contributed by atoms with E-state index >= 15 is 0 Å². The van der Waals surface area contributed by atoms with Gasteiger partial charge in [-0.3, -0.25) is 4.79 Å². The van der Waals surface area contributed by atoms with Crippen molar-refractivity contribution in [2.24, 2.45) is 0 Å². The van der Waals surface area contributed by atoms with Crippen molar-refractivity contribution in [3.8, 4) is 0 Å². The molecular weight excluding hydrogens is 368 g/mol. The van der Waals surface area contributed by atoms with Crippen LogP contribution in [0.2, 0.25) is 0 Å². The summed E-state index contributed by atoms with van der Waals surface area (Å²) in [6.45, 7) is 8.00. The third-order valence-electron chi connectivity index (χ3n) is 4.82. The van der Waals surface area contributed by atoms with Crippen molar-refractivity contribution in [3.63, 3.8) is 0 Å². The van der Waals surface area contributed by atoms with Crippen LogP contribution in [-0.4, -0.2) is 69.8 Å². The van der Waals surface area contributed by atoms with Crippen molar-refractivity contribution in [1.82, 2.24) is 10.2 Å². The Morgan fingerprint density at radius 3 is 1.55 bits per heavy atom. The molecule has 2 heterocycles. The minimum atomic E-state index is 0. The maximum Gasteiger partial charge on any atom is 0.373 e. The number of hydrogen-bond acceptors (Lipinski definition) is 6. The number of carbonyl (C=O) groups is 1. The summed E-state index contributed by atoms with van der Waals surface area (Å²) < 4.78 is 0. The van der Waals surface area contributed by atoms with E-state index in [9.17, 15) is 4.79 Å². The van der Waals surface area contributed by atoms with Gasteiger partial charge in [-0.1, -0.05) is 36.4 Å². The van der Waals surface area contributed by atoms with Crippen molar-refractivity contribution >= 4 is 23.9 Å². The van der Waals surface area contributed by atoms with Crippen molar-refractivity contribution in [2.75, 3.05) is 62.2 Å². The van der Waals surface area contributed by atoms with Gasteiger partial charge in [-0.25, -0.2) is 0 Å². The van der Waals surface area contributed by atoms with Crippen LogP contribution < -0.4 is 15.1 Å². The molecule has 1 N–H and O–H groups in total. The molecule has 0 unspecified atom stereocenters. The Balaban J connectivity index is 0.000000260. The molecule has 0 bridgehead atoms. The predicted octanol–water partition coefficient (Wildman–Crippen LogP) is 1.72. The smallest absolute Gasteiger partial charge is 0.369 e. The third kappa shape index (κ3) is 7.78. The van der Waals surface area contributed by atoms with E-state index in [1.54, 1.807) is 0 Å². The molecule has 7 heteroatoms. The highest BCUT2D eigenvalue weighted by Gasteiger charge is 2.14. The van der Waals surface area contributed by atoms with Crippen LogP contribution in [0.1, 0.15) is 1.43 Å². The van der Waals surface area contributed by atoms with Gasteiger partial charge in [0.25, 0.3) is 0 Å². The van der Waals surface area contributed by atoms with Gasteiger partial charge in [-0.15, -0.1) is 0 Å². The van der Waals surface area contributed by atoms with Gasteiger partial charge in [0.15, 0.2) is 0 Å². The zero-order valence-corrected chi connectivity index (χ0v) is 16.6. The topological polar surface area (TPSA) is 73.0 Å². The monoisotopic (exact) mass is 398 g/mol. The molecule has 0 aromatic heterocycles. The molecule has 7 nitrogen and oxygen atoms in total. The quantitative estimate of drug-likeness (QED) is 0.794. The van der Waals surface area contributed by atoms with Crippen molar-refractivity contribution in [2.45, 2.75) is 0 Å². The number of nitrogens with zero attached hydrogens (tertiary/aromatic N) is 3. The van der Waals surface area contributed by atoms with E-state index in [0.29, 0.717) is 0 Å². The summed E-state index contributed by atoms with van der Waals surface area (Å²) in [5.74, 6) is 0. The lowest BCUT2D eigenvalue weighted by Gasteiger charge is -2.34. The Labute approximate surface area is 173 Å². The molecule has 0 saturated carbocycles. The fourth-order valence-corrected chi connectivity index (χ4v) is 3.29. The van der Waals surface area contributed by atoms with Crippen LogP contribution in [-0.2, 0) is 14.4 Å². The van der Waals surface area contributed by atoms with E-state index in [2.05, 4.69) is 57.6 Å². The molecule has 0 aliphatic carbocycles. The number of nitrogens with one attached hydrogen (secondary N) is 1. The molecule has 2 aromatic carbocycles. The van der Waals surface area contributed by atoms with Crippen LogP contribution in [0.5, 0.6) is 0 Å². The standard InChI is InChI=1S/C11H14N2O.C10H14N2.CO2.H2/c14-10-12-6-8-13(9-7-12)11-4-2-1-3-5-11;1-2-4-10(5-3-1)12-8-6-11-7-9-12;2-1-3;/h1-5,10H,6-9H2;1-5,11H,6-9H2;;1H. The SMILES string of the molecule is O=C=O.O=CN1CCN(c2ccccc2)CC1.[HH].c1ccc(N2CCNCC2)cc1. The summed E-state index contributed by atoms with van der Waals surface area (Å²) in [6, 6.07) is 20.9. The molecule has 2 fully saturated rings. The van der Waals surface area contributed by atoms with Crippen LogP contribution in [0.15, 0.2) is 60.7 Å². The normalized spacial score (nSPS) is 15.8. The number of benzene rings is 2. The van der Waals surface area contributed by atoms with E-state index in [0.717, 1.165) is 58.8 Å². The first kappa shape index (κ1) is 22.1. The van der Waals surface area contributed by atoms with Gasteiger partial charge in [0, 0.05) is 65.2 Å². The molecule has 2 saturated heterocycles. The van der Waals surface area contributed by atoms with Crippen molar-refractivity contribution in [3.05, 3.63) is 60.7 Å². The van der Waals surface area contributed by atoms with E-state index in [-0.39, 0.29) is 7.58 Å². The molecular formula is C22H30N4O3. The van der Waals surface area contributed by atoms with Gasteiger partial charge in [0.1, 0.15) is 0 Å². The largest absolute Gasteiger partial charge is 0.373 e. The summed E-state index contributed by atoms with van der Waals surface area (Å²) in [5.41, 5.74) is 2.59. The van der Waals surface area contributed by atoms with Gasteiger partial charge in [0.05, 0.1) is 0 Å². The highest BCUT2D eigenvalue weighted by atomic mass is 16.2. The van der Waals surface area contributed by atoms with E-state index in [1.165, 1.54) is 11.4 Å². The molecule has 2 aliphatic heterocycles. The van der Waals surface area contributed by atoms with Gasteiger partial charge in [-0.2, -0.15) is 9.59 Å². The molecule has 0 atom stereocenters. The Hall–Kier alpha value is -3.15. The number of hydrogen-bond donors (Lipinski definition) is 1. The molecule has 29 heavy (non-hydrogen) atoms. The van der Waals surface area contributed by atoms with E-state index < -0.39 is 0 Å². The first-order chi connectivity index (χ1) is 14.3. The molecule has 0 radical (unpaired) electrons. The van der Waals surface area contributed by atoms with E-state index in [4.69, 9.17) is 9.59 Å². The molecule has 2 aromatic rings. The van der Waals surface area contributed by atoms with Crippen LogP contribution in [0, 0.1) is 0 Å². The zero-order valence-electron chi connectivity index (χ0n) is 16.6. The average Bonchev–Trinajstić information content (AvgIpc) is 2.82. The summed E-state index contributed by atoms with van der Waals surface area (Å²) in [4.78, 5) is 33.3. The Kier molecular flexibility index (Phi) is 10.0. The predicted molar refractivity (Wildman–Crippen MR) is 115 cm³/mol. The molecule has 1 amide bonds. The number of piperazine rings is 2. The maximum atomic E-state index is 10.5. The average molecular weight is 399 g/mol. The second-order valence-corrected chi connectivity index (χ2v) is 6.62. The summed E-state index contributed by atoms with van der Waals surface area (Å²) in [6.07, 6.45) is 1.18. The Morgan fingerprint density at radius 2 is 1.14 bits per heavy atom. The van der Waals surface area contributed by atoms with Crippen LogP contribution in [0.25, 0.3) is 0 Å². The highest BCUT2D eigenvalue weighted by molar-refractivity contribution is 5.51.